The van der Waals surface area contributed by atoms with Gasteiger partial charge < -0.3 is 29.0 Å². The number of nitrogens with zero attached hydrogens (tertiary/aromatic N) is 13. The lowest BCUT2D eigenvalue weighted by atomic mass is 10.2. The third-order valence-electron chi connectivity index (χ3n) is 17.9. The van der Waals surface area contributed by atoms with Gasteiger partial charge in [-0.1, -0.05) is 133 Å². The number of hydrogen-bond acceptors (Lipinski definition) is 18. The highest BCUT2D eigenvalue weighted by atomic mass is 35.5. The maximum Gasteiger partial charge on any atom is 0.331 e. The Morgan fingerprint density at radius 1 is 0.323 bits per heavy atom. The minimum atomic E-state index is -0.317. The van der Waals surface area contributed by atoms with Gasteiger partial charge in [-0.15, -0.1) is 0 Å². The van der Waals surface area contributed by atoms with Crippen LogP contribution in [0.4, 0.5) is 28.4 Å². The zero-order valence-corrected chi connectivity index (χ0v) is 56.9. The molecule has 0 radical (unpaired) electrons. The molecule has 18 rings (SSSR count). The van der Waals surface area contributed by atoms with E-state index in [1.165, 1.54) is 0 Å². The summed E-state index contributed by atoms with van der Waals surface area (Å²) in [5, 5.41) is 24.6. The quantitative estimate of drug-likeness (QED) is 0.151. The van der Waals surface area contributed by atoms with Crippen LogP contribution in [-0.4, -0.2) is 104 Å². The highest BCUT2D eigenvalue weighted by Crippen LogP contribution is 2.39. The van der Waals surface area contributed by atoms with Crippen molar-refractivity contribution >= 4 is 126 Å². The third kappa shape index (κ3) is 14.0. The number of para-hydroxylation sites is 5. The molecule has 1 aromatic heterocycles. The number of rotatable bonds is 6. The molecule has 11 aliphatic heterocycles. The first-order valence-corrected chi connectivity index (χ1v) is 33.2. The molecule has 25 nitrogen and oxygen atoms in total. The second-order valence-corrected chi connectivity index (χ2v) is 26.3. The monoisotopic (exact) mass is 1380 g/mol. The highest BCUT2D eigenvalue weighted by Gasteiger charge is 2.42. The molecule has 0 N–H and O–H groups in total. The van der Waals surface area contributed by atoms with Crippen LogP contribution in [0.25, 0.3) is 11.0 Å². The number of benzene rings is 6. The summed E-state index contributed by atoms with van der Waals surface area (Å²) >= 11 is 11.9. The van der Waals surface area contributed by atoms with Gasteiger partial charge in [0.1, 0.15) is 0 Å². The molecule has 0 aliphatic carbocycles. The molecule has 12 heterocycles. The number of oxime groups is 6. The maximum absolute atomic E-state index is 12.2. The number of anilines is 5. The van der Waals surface area contributed by atoms with Crippen molar-refractivity contribution in [2.45, 2.75) is 150 Å². The van der Waals surface area contributed by atoms with Crippen LogP contribution in [0.2, 0.25) is 10.0 Å². The Hall–Kier alpha value is -10.7. The lowest BCUT2D eigenvalue weighted by Crippen LogP contribution is -2.37. The van der Waals surface area contributed by atoms with Crippen LogP contribution >= 0.6 is 23.2 Å². The first kappa shape index (κ1) is 66.9. The van der Waals surface area contributed by atoms with E-state index in [1.807, 2.05) is 151 Å². The lowest BCUT2D eigenvalue weighted by molar-refractivity contribution is -0.120. The molecule has 5 amide bonds. The molecule has 27 heteroatoms. The summed E-state index contributed by atoms with van der Waals surface area (Å²) < 4.78 is 3.29. The van der Waals surface area contributed by atoms with Crippen molar-refractivity contribution in [1.82, 2.24) is 9.13 Å². The number of aromatic nitrogens is 2. The highest BCUT2D eigenvalue weighted by molar-refractivity contribution is 6.31. The number of aryl methyl sites for hydroxylation is 1. The van der Waals surface area contributed by atoms with Gasteiger partial charge in [0.05, 0.1) is 106 Å². The van der Waals surface area contributed by atoms with Gasteiger partial charge in [-0.25, -0.2) is 4.79 Å². The van der Waals surface area contributed by atoms with Gasteiger partial charge in [-0.3, -0.25) is 57.6 Å². The molecule has 6 unspecified atom stereocenters. The number of amides is 5. The Labute approximate surface area is 579 Å². The molecule has 0 fully saturated rings. The van der Waals surface area contributed by atoms with Crippen molar-refractivity contribution in [3.05, 3.63) is 182 Å². The number of carbonyl (C=O) groups excluding carboxylic acids is 5. The van der Waals surface area contributed by atoms with Gasteiger partial charge in [0.25, 0.3) is 0 Å². The van der Waals surface area contributed by atoms with E-state index in [1.54, 1.807) is 64.9 Å². The first-order chi connectivity index (χ1) is 47.7. The molecule has 11 aliphatic rings. The molecular weight excluding hydrogens is 1310 g/mol. The molecule has 0 saturated heterocycles. The Bertz CT molecular complexity index is 4350. The van der Waals surface area contributed by atoms with Gasteiger partial charge in [0.15, 0.2) is 0 Å². The second kappa shape index (κ2) is 28.4. The minimum absolute atomic E-state index is 0.0390. The largest absolute Gasteiger partial charge is 0.370 e. The topological polar surface area (TPSA) is 258 Å². The summed E-state index contributed by atoms with van der Waals surface area (Å²) in [6.07, 6.45) is 4.56. The van der Waals surface area contributed by atoms with Gasteiger partial charge in [-0.05, 0) is 124 Å². The number of hydrogen-bond donors (Lipinski definition) is 0. The van der Waals surface area contributed by atoms with E-state index in [-0.39, 0.29) is 72.6 Å². The fourth-order valence-corrected chi connectivity index (χ4v) is 13.6. The zero-order chi connectivity index (χ0) is 69.3. The van der Waals surface area contributed by atoms with Crippen molar-refractivity contribution < 1.29 is 53.0 Å². The molecule has 0 spiro atoms. The molecule has 0 bridgehead atoms. The van der Waals surface area contributed by atoms with E-state index in [4.69, 9.17) is 52.2 Å². The maximum atomic E-state index is 12.2. The fraction of sp³-hybridized carbons (Fsp3) is 0.333. The average Bonchev–Trinajstić information content (AvgIpc) is 1.65. The van der Waals surface area contributed by atoms with E-state index in [9.17, 15) is 28.8 Å². The molecule has 510 valence electrons. The second-order valence-electron chi connectivity index (χ2n) is 25.4. The van der Waals surface area contributed by atoms with E-state index >= 15 is 0 Å². The normalized spacial score (nSPS) is 22.2. The number of fused-ring (bicyclic) bond motifs is 6. The minimum Gasteiger partial charge on any atom is -0.370 e. The Morgan fingerprint density at radius 3 is 0.869 bits per heavy atom. The van der Waals surface area contributed by atoms with E-state index in [2.05, 4.69) is 30.9 Å². The van der Waals surface area contributed by atoms with Crippen LogP contribution in [0, 0.1) is 0 Å². The summed E-state index contributed by atoms with van der Waals surface area (Å²) in [7, 11) is 1.77. The number of carbonyl (C=O) groups is 5. The third-order valence-corrected chi connectivity index (χ3v) is 18.4. The molecular formula is C72H71Cl2N13O12. The van der Waals surface area contributed by atoms with Gasteiger partial charge in [0, 0.05) is 55.6 Å². The summed E-state index contributed by atoms with van der Waals surface area (Å²) in [5.74, 6) is 0.359. The van der Waals surface area contributed by atoms with Gasteiger partial charge in [-0.2, -0.15) is 0 Å². The fourth-order valence-electron chi connectivity index (χ4n) is 13.3. The molecule has 6 atom stereocenters. The van der Waals surface area contributed by atoms with Crippen LogP contribution in [-0.2, 0) is 92.1 Å². The van der Waals surface area contributed by atoms with Crippen molar-refractivity contribution in [2.24, 2.45) is 38.0 Å². The number of halogens is 2. The van der Waals surface area contributed by atoms with Crippen LogP contribution in [0.1, 0.15) is 114 Å². The predicted molar refractivity (Wildman–Crippen MR) is 376 cm³/mol. The van der Waals surface area contributed by atoms with Crippen LogP contribution in [0.5, 0.6) is 0 Å². The molecule has 0 saturated carbocycles. The van der Waals surface area contributed by atoms with Crippen LogP contribution < -0.4 is 30.2 Å². The van der Waals surface area contributed by atoms with Gasteiger partial charge in [0.2, 0.25) is 66.9 Å². The Morgan fingerprint density at radius 2 is 0.576 bits per heavy atom. The Kier molecular flexibility index (Phi) is 19.2. The summed E-state index contributed by atoms with van der Waals surface area (Å²) in [5.41, 5.74) is 17.0. The predicted octanol–water partition coefficient (Wildman–Crippen LogP) is 11.4. The van der Waals surface area contributed by atoms with E-state index < -0.39 is 0 Å². The molecule has 6 aromatic carbocycles. The van der Waals surface area contributed by atoms with E-state index in [0.717, 1.165) is 102 Å². The van der Waals surface area contributed by atoms with Crippen LogP contribution in [0.15, 0.2) is 169 Å². The zero-order valence-electron chi connectivity index (χ0n) is 55.4. The summed E-state index contributed by atoms with van der Waals surface area (Å²) in [4.78, 5) is 112. The molecule has 7 aromatic rings. The average molecular weight is 1380 g/mol. The van der Waals surface area contributed by atoms with Gasteiger partial charge >= 0.3 is 5.69 Å². The number of imidazole rings is 1. The standard InChI is InChI=1S/2C12H11ClN2O2.C12H13N3O2.3C12H12N2O2/c2*1-7-4-12(17-14-7)15-10-6-9(13)3-2-8(10)5-11(15)16;1-8-7-11(17-13-8)15-10-6-4-3-5-9(10)14(2)12(15)16;3*1-8-6-12(16-13-8)14-10-5-3-2-4-9(10)7-11(14)15/h2*2-3,6,12H,4-5H2,1H3;3-6,11H,7H2,1-2H3;3*2-5,12H,6-7H2,1H3. The SMILES string of the molecule is CC1=NOC(N2C(=O)Cc3ccc(Cl)cc32)C1.CC1=NOC(N2C(=O)Cc3ccc(Cl)cc32)C1.CC1=NOC(N2C(=O)Cc3ccccc32)C1.CC1=NOC(N2C(=O)Cc3ccccc32)C1.CC1=NOC(N2C(=O)Cc3ccccc32)C1.CC1=NOC(n2c(=O)n(C)c3ccccc32)C1. The smallest absolute Gasteiger partial charge is 0.331 e. The summed E-state index contributed by atoms with van der Waals surface area (Å²) in [6, 6.07) is 42.2. The van der Waals surface area contributed by atoms with E-state index in [0.29, 0.717) is 80.7 Å². The lowest BCUT2D eigenvalue weighted by Gasteiger charge is -2.22. The molecule has 99 heavy (non-hydrogen) atoms. The van der Waals surface area contributed by atoms with Crippen LogP contribution in [0.3, 0.4) is 0 Å². The first-order valence-electron chi connectivity index (χ1n) is 32.5. The van der Waals surface area contributed by atoms with Crippen molar-refractivity contribution in [2.75, 3.05) is 24.5 Å². The van der Waals surface area contributed by atoms with Crippen molar-refractivity contribution in [1.29, 1.82) is 0 Å². The summed E-state index contributed by atoms with van der Waals surface area (Å²) in [6.45, 7) is 11.4. The van der Waals surface area contributed by atoms with Crippen molar-refractivity contribution in [3.63, 3.8) is 0 Å². The Balaban J connectivity index is 0.000000107. The van der Waals surface area contributed by atoms with Crippen molar-refractivity contribution in [3.8, 4) is 0 Å².